The van der Waals surface area contributed by atoms with E-state index in [-0.39, 0.29) is 0 Å². The van der Waals surface area contributed by atoms with E-state index in [1.165, 1.54) is 0 Å². The van der Waals surface area contributed by atoms with Crippen molar-refractivity contribution in [3.63, 3.8) is 0 Å². The van der Waals surface area contributed by atoms with E-state index < -0.39 is 0 Å². The van der Waals surface area contributed by atoms with E-state index in [4.69, 9.17) is 5.26 Å². The molecule has 2 heterocycles. The number of nitriles is 1. The van der Waals surface area contributed by atoms with E-state index in [1.807, 2.05) is 41.1 Å². The molecule has 0 unspecified atom stereocenters. The third-order valence-corrected chi connectivity index (χ3v) is 2.50. The summed E-state index contributed by atoms with van der Waals surface area (Å²) in [7, 11) is 0. The fourth-order valence-electron chi connectivity index (χ4n) is 1.69. The molecule has 0 N–H and O–H groups in total. The van der Waals surface area contributed by atoms with Crippen LogP contribution in [0.15, 0.2) is 42.8 Å². The fraction of sp³-hybridized carbons (Fsp3) is 0. The summed E-state index contributed by atoms with van der Waals surface area (Å²) in [4.78, 5) is 4.29. The first-order chi connectivity index (χ1) is 7.40. The molecule has 70 valence electrons. The molecule has 0 saturated heterocycles. The van der Waals surface area contributed by atoms with Gasteiger partial charge in [-0.1, -0.05) is 6.08 Å². The number of aromatic nitrogens is 2. The van der Waals surface area contributed by atoms with E-state index in [0.29, 0.717) is 5.56 Å². The molecule has 0 aliphatic heterocycles. The van der Waals surface area contributed by atoms with Crippen LogP contribution in [-0.4, -0.2) is 9.55 Å². The van der Waals surface area contributed by atoms with E-state index in [1.54, 1.807) is 6.20 Å². The topological polar surface area (TPSA) is 41.6 Å². The van der Waals surface area contributed by atoms with E-state index in [9.17, 15) is 0 Å². The Hall–Kier alpha value is -2.34. The molecule has 15 heavy (non-hydrogen) atoms. The summed E-state index contributed by atoms with van der Waals surface area (Å²) in [5, 5.41) is 9.90. The summed E-state index contributed by atoms with van der Waals surface area (Å²) >= 11 is 0. The molecule has 3 heteroatoms. The highest BCUT2D eigenvalue weighted by Crippen LogP contribution is 2.24. The number of hydrogen-bond acceptors (Lipinski definition) is 2. The van der Waals surface area contributed by atoms with Crippen molar-refractivity contribution in [3.05, 3.63) is 48.3 Å². The smallest absolute Gasteiger partial charge is 0.145 e. The average molecular weight is 193 g/mol. The van der Waals surface area contributed by atoms with Gasteiger partial charge < -0.3 is 0 Å². The zero-order chi connectivity index (χ0) is 10.3. The van der Waals surface area contributed by atoms with E-state index >= 15 is 0 Å². The molecule has 0 saturated carbocycles. The largest absolute Gasteiger partial charge is 0.300 e. The number of rotatable bonds is 1. The lowest BCUT2D eigenvalue weighted by atomic mass is 10.2. The Balaban J connectivity index is 2.36. The third-order valence-electron chi connectivity index (χ3n) is 2.50. The Kier molecular flexibility index (Phi) is 1.51. The van der Waals surface area contributed by atoms with Crippen LogP contribution in [0.1, 0.15) is 5.56 Å². The third kappa shape index (κ3) is 1.02. The maximum Gasteiger partial charge on any atom is 0.145 e. The van der Waals surface area contributed by atoms with Gasteiger partial charge in [0.05, 0.1) is 5.56 Å². The zero-order valence-corrected chi connectivity index (χ0v) is 7.88. The van der Waals surface area contributed by atoms with Crippen LogP contribution in [0.4, 0.5) is 0 Å². The average Bonchev–Trinajstić information content (AvgIpc) is 2.55. The molecule has 2 aromatic heterocycles. The quantitative estimate of drug-likeness (QED) is 0.697. The Morgan fingerprint density at radius 2 is 2.27 bits per heavy atom. The second-order valence-electron chi connectivity index (χ2n) is 3.35. The predicted molar refractivity (Wildman–Crippen MR) is 57.9 cm³/mol. The Bertz CT molecular complexity index is 638. The van der Waals surface area contributed by atoms with E-state index in [2.05, 4.69) is 11.1 Å². The van der Waals surface area contributed by atoms with Crippen molar-refractivity contribution in [2.45, 2.75) is 0 Å². The van der Waals surface area contributed by atoms with Crippen molar-refractivity contribution in [2.24, 2.45) is 0 Å². The molecule has 0 bridgehead atoms. The van der Waals surface area contributed by atoms with Gasteiger partial charge >= 0.3 is 0 Å². The normalized spacial score (nSPS) is 13.4. The molecule has 1 aliphatic carbocycles. The van der Waals surface area contributed by atoms with Crippen LogP contribution in [0.5, 0.6) is 0 Å². The Morgan fingerprint density at radius 1 is 1.40 bits per heavy atom. The lowest BCUT2D eigenvalue weighted by Crippen LogP contribution is -1.97. The molecule has 0 aromatic carbocycles. The molecule has 3 nitrogen and oxygen atoms in total. The molecule has 0 atom stereocenters. The van der Waals surface area contributed by atoms with Crippen molar-refractivity contribution >= 4 is 16.7 Å². The molecule has 2 aromatic rings. The van der Waals surface area contributed by atoms with Gasteiger partial charge in [-0.3, -0.25) is 4.57 Å². The summed E-state index contributed by atoms with van der Waals surface area (Å²) in [5.41, 5.74) is 2.57. The highest BCUT2D eigenvalue weighted by atomic mass is 15.0. The fourth-order valence-corrected chi connectivity index (χ4v) is 1.69. The summed E-state index contributed by atoms with van der Waals surface area (Å²) in [5.74, 6) is 0. The monoisotopic (exact) mass is 193 g/mol. The van der Waals surface area contributed by atoms with Crippen molar-refractivity contribution in [1.29, 1.82) is 5.26 Å². The van der Waals surface area contributed by atoms with Crippen molar-refractivity contribution in [3.8, 4) is 6.07 Å². The van der Waals surface area contributed by atoms with Crippen molar-refractivity contribution in [2.75, 3.05) is 0 Å². The van der Waals surface area contributed by atoms with Gasteiger partial charge in [-0.15, -0.1) is 0 Å². The number of nitrogens with zero attached hydrogens (tertiary/aromatic N) is 3. The van der Waals surface area contributed by atoms with Crippen LogP contribution in [-0.2, 0) is 0 Å². The van der Waals surface area contributed by atoms with Crippen LogP contribution in [0.3, 0.4) is 0 Å². The van der Waals surface area contributed by atoms with Gasteiger partial charge in [-0.25, -0.2) is 4.98 Å². The number of hydrogen-bond donors (Lipinski definition) is 0. The lowest BCUT2D eigenvalue weighted by Gasteiger charge is -2.08. The molecule has 0 amide bonds. The highest BCUT2D eigenvalue weighted by Gasteiger charge is 2.11. The van der Waals surface area contributed by atoms with E-state index in [0.717, 1.165) is 16.7 Å². The second-order valence-corrected chi connectivity index (χ2v) is 3.35. The molecular weight excluding hydrogens is 186 g/mol. The maximum atomic E-state index is 8.99. The number of fused-ring (bicyclic) bond motifs is 1. The summed E-state index contributed by atoms with van der Waals surface area (Å²) in [6.45, 7) is 0. The van der Waals surface area contributed by atoms with Gasteiger partial charge in [0.25, 0.3) is 0 Å². The minimum atomic E-state index is 0.666. The van der Waals surface area contributed by atoms with Crippen LogP contribution < -0.4 is 0 Å². The molecule has 1 aliphatic rings. The first-order valence-electron chi connectivity index (χ1n) is 4.65. The summed E-state index contributed by atoms with van der Waals surface area (Å²) < 4.78 is 1.94. The molecule has 3 rings (SSSR count). The standard InChI is InChI=1S/C12H7N3/c13-7-9-8-15(10-3-1-4-10)12-11(9)5-2-6-14-12/h1-6,8H. The highest BCUT2D eigenvalue weighted by molar-refractivity contribution is 5.88. The van der Waals surface area contributed by atoms with Crippen LogP contribution >= 0.6 is 0 Å². The second kappa shape index (κ2) is 2.82. The molecular formula is C12H7N3. The lowest BCUT2D eigenvalue weighted by molar-refractivity contribution is 1.12. The minimum absolute atomic E-state index is 0.666. The van der Waals surface area contributed by atoms with Crippen LogP contribution in [0, 0.1) is 11.3 Å². The zero-order valence-electron chi connectivity index (χ0n) is 7.88. The maximum absolute atomic E-state index is 8.99. The van der Waals surface area contributed by atoms with Gasteiger partial charge in [-0.05, 0) is 24.3 Å². The Labute approximate surface area is 86.6 Å². The molecule has 0 radical (unpaired) electrons. The van der Waals surface area contributed by atoms with Crippen LogP contribution in [0.25, 0.3) is 16.7 Å². The predicted octanol–water partition coefficient (Wildman–Crippen LogP) is 2.32. The van der Waals surface area contributed by atoms with Gasteiger partial charge in [0.2, 0.25) is 0 Å². The van der Waals surface area contributed by atoms with Crippen LogP contribution in [0.2, 0.25) is 0 Å². The summed E-state index contributed by atoms with van der Waals surface area (Å²) in [6.07, 6.45) is 9.52. The minimum Gasteiger partial charge on any atom is -0.300 e. The van der Waals surface area contributed by atoms with Crippen molar-refractivity contribution in [1.82, 2.24) is 9.55 Å². The Morgan fingerprint density at radius 3 is 2.93 bits per heavy atom. The number of pyridine rings is 1. The molecule has 0 spiro atoms. The first-order valence-corrected chi connectivity index (χ1v) is 4.65. The number of allylic oxidation sites excluding steroid dienone is 4. The SMILES string of the molecule is N#Cc1cn(C2=CC=C2)c2ncccc12. The molecule has 0 fully saturated rings. The van der Waals surface area contributed by atoms with Gasteiger partial charge in [-0.2, -0.15) is 5.26 Å². The van der Waals surface area contributed by atoms with Gasteiger partial charge in [0, 0.05) is 23.5 Å². The summed E-state index contributed by atoms with van der Waals surface area (Å²) in [6, 6.07) is 5.94. The van der Waals surface area contributed by atoms with Crippen molar-refractivity contribution < 1.29 is 0 Å². The van der Waals surface area contributed by atoms with Gasteiger partial charge in [0.1, 0.15) is 11.7 Å². The van der Waals surface area contributed by atoms with Gasteiger partial charge in [0.15, 0.2) is 0 Å². The first kappa shape index (κ1) is 8.01.